The molecule has 0 aromatic heterocycles. The van der Waals surface area contributed by atoms with Crippen LogP contribution in [0.4, 0.5) is 0 Å². The van der Waals surface area contributed by atoms with E-state index in [9.17, 15) is 4.79 Å². The van der Waals surface area contributed by atoms with Gasteiger partial charge in [-0.25, -0.2) is 0 Å². The molecule has 0 aromatic carbocycles. The second-order valence-corrected chi connectivity index (χ2v) is 5.86. The van der Waals surface area contributed by atoms with Gasteiger partial charge in [0.05, 0.1) is 5.38 Å². The maximum Gasteiger partial charge on any atom is 0.223 e. The van der Waals surface area contributed by atoms with E-state index in [0.717, 1.165) is 12.8 Å². The van der Waals surface area contributed by atoms with Gasteiger partial charge in [0.25, 0.3) is 0 Å². The molecule has 2 nitrogen and oxygen atoms in total. The first-order chi connectivity index (χ1) is 7.52. The zero-order valence-electron chi connectivity index (χ0n) is 10.6. The molecule has 0 spiro atoms. The van der Waals surface area contributed by atoms with Crippen LogP contribution in [0.1, 0.15) is 52.9 Å². The lowest BCUT2D eigenvalue weighted by molar-refractivity contribution is -0.126. The van der Waals surface area contributed by atoms with Gasteiger partial charge in [0.1, 0.15) is 0 Å². The topological polar surface area (TPSA) is 29.1 Å². The van der Waals surface area contributed by atoms with Crippen LogP contribution in [0.25, 0.3) is 0 Å². The molecule has 1 N–H and O–H groups in total. The van der Waals surface area contributed by atoms with Gasteiger partial charge in [-0.2, -0.15) is 0 Å². The molecule has 0 saturated heterocycles. The van der Waals surface area contributed by atoms with Gasteiger partial charge in [-0.1, -0.05) is 40.0 Å². The summed E-state index contributed by atoms with van der Waals surface area (Å²) in [6.45, 7) is 6.14. The number of nitrogens with one attached hydrogen (secondary N) is 1. The van der Waals surface area contributed by atoms with E-state index in [4.69, 9.17) is 11.6 Å². The van der Waals surface area contributed by atoms with Crippen molar-refractivity contribution in [2.75, 3.05) is 0 Å². The van der Waals surface area contributed by atoms with E-state index in [0.29, 0.717) is 5.92 Å². The zero-order valence-corrected chi connectivity index (χ0v) is 11.4. The minimum atomic E-state index is 0.0760. The Labute approximate surface area is 104 Å². The van der Waals surface area contributed by atoms with Gasteiger partial charge in [-0.05, 0) is 18.8 Å². The second-order valence-electron chi connectivity index (χ2n) is 5.30. The summed E-state index contributed by atoms with van der Waals surface area (Å²) < 4.78 is 0. The molecule has 0 heterocycles. The quantitative estimate of drug-likeness (QED) is 0.600. The predicted molar refractivity (Wildman–Crippen MR) is 68.7 cm³/mol. The van der Waals surface area contributed by atoms with Crippen molar-refractivity contribution in [2.24, 2.45) is 11.8 Å². The van der Waals surface area contributed by atoms with Crippen LogP contribution in [0.15, 0.2) is 0 Å². The fraction of sp³-hybridized carbons (Fsp3) is 0.923. The van der Waals surface area contributed by atoms with Crippen LogP contribution in [-0.2, 0) is 4.79 Å². The summed E-state index contributed by atoms with van der Waals surface area (Å²) in [5.74, 6) is 0.624. The van der Waals surface area contributed by atoms with Crippen LogP contribution in [0.2, 0.25) is 0 Å². The number of rotatable bonds is 3. The Morgan fingerprint density at radius 3 is 2.44 bits per heavy atom. The molecule has 3 heteroatoms. The van der Waals surface area contributed by atoms with Gasteiger partial charge in [0.2, 0.25) is 5.91 Å². The lowest BCUT2D eigenvalue weighted by Crippen LogP contribution is -2.43. The molecule has 1 rings (SSSR count). The molecule has 3 atom stereocenters. The Bertz CT molecular complexity index is 230. The van der Waals surface area contributed by atoms with Crippen molar-refractivity contribution >= 4 is 17.5 Å². The molecule has 94 valence electrons. The first kappa shape index (κ1) is 13.8. The van der Waals surface area contributed by atoms with Crippen LogP contribution < -0.4 is 5.32 Å². The summed E-state index contributed by atoms with van der Waals surface area (Å²) in [5, 5.41) is 3.24. The van der Waals surface area contributed by atoms with Crippen molar-refractivity contribution in [1.29, 1.82) is 0 Å². The first-order valence-electron chi connectivity index (χ1n) is 6.46. The fourth-order valence-corrected chi connectivity index (χ4v) is 2.39. The Hall–Kier alpha value is -0.240. The number of alkyl halides is 1. The van der Waals surface area contributed by atoms with Crippen molar-refractivity contribution in [1.82, 2.24) is 5.32 Å². The van der Waals surface area contributed by atoms with Crippen molar-refractivity contribution in [3.05, 3.63) is 0 Å². The van der Waals surface area contributed by atoms with E-state index in [2.05, 4.69) is 19.2 Å². The smallest absolute Gasteiger partial charge is 0.223 e. The summed E-state index contributed by atoms with van der Waals surface area (Å²) in [6.07, 6.45) is 5.69. The molecular weight excluding hydrogens is 222 g/mol. The summed E-state index contributed by atoms with van der Waals surface area (Å²) >= 11 is 6.30. The standard InChI is InChI=1S/C13H24ClNO/c1-9(2)10(3)13(16)15-12-8-6-4-5-7-11(12)14/h9-12H,4-8H2,1-3H3,(H,15,16). The maximum absolute atomic E-state index is 11.9. The molecule has 0 radical (unpaired) electrons. The highest BCUT2D eigenvalue weighted by Crippen LogP contribution is 2.23. The molecule has 16 heavy (non-hydrogen) atoms. The number of amides is 1. The highest BCUT2D eigenvalue weighted by molar-refractivity contribution is 6.21. The van der Waals surface area contributed by atoms with Gasteiger partial charge >= 0.3 is 0 Å². The molecular formula is C13H24ClNO. The Morgan fingerprint density at radius 2 is 1.81 bits per heavy atom. The zero-order chi connectivity index (χ0) is 12.1. The fourth-order valence-electron chi connectivity index (χ4n) is 2.04. The van der Waals surface area contributed by atoms with Gasteiger partial charge in [0.15, 0.2) is 0 Å². The van der Waals surface area contributed by atoms with Crippen LogP contribution in [-0.4, -0.2) is 17.3 Å². The number of carbonyl (C=O) groups is 1. The molecule has 1 saturated carbocycles. The molecule has 0 bridgehead atoms. The van der Waals surface area contributed by atoms with E-state index in [-0.39, 0.29) is 23.2 Å². The van der Waals surface area contributed by atoms with E-state index < -0.39 is 0 Å². The molecule has 1 amide bonds. The number of carbonyl (C=O) groups excluding carboxylic acids is 1. The van der Waals surface area contributed by atoms with Gasteiger partial charge in [-0.15, -0.1) is 11.6 Å². The monoisotopic (exact) mass is 245 g/mol. The van der Waals surface area contributed by atoms with Crippen LogP contribution in [0, 0.1) is 11.8 Å². The number of halogens is 1. The largest absolute Gasteiger partial charge is 0.352 e. The SMILES string of the molecule is CC(C)C(C)C(=O)NC1CCCCCC1Cl. The first-order valence-corrected chi connectivity index (χ1v) is 6.90. The molecule has 0 aliphatic heterocycles. The number of hydrogen-bond donors (Lipinski definition) is 1. The third-order valence-corrected chi connectivity index (χ3v) is 4.20. The lowest BCUT2D eigenvalue weighted by Gasteiger charge is -2.24. The Kier molecular flexibility index (Phi) is 5.60. The summed E-state index contributed by atoms with van der Waals surface area (Å²) in [4.78, 5) is 11.9. The molecule has 1 aliphatic carbocycles. The minimum Gasteiger partial charge on any atom is -0.352 e. The van der Waals surface area contributed by atoms with Crippen molar-refractivity contribution in [3.63, 3.8) is 0 Å². The van der Waals surface area contributed by atoms with Gasteiger partial charge in [-0.3, -0.25) is 4.79 Å². The normalized spacial score (nSPS) is 28.6. The van der Waals surface area contributed by atoms with E-state index in [1.165, 1.54) is 19.3 Å². The third-order valence-electron chi connectivity index (χ3n) is 3.67. The highest BCUT2D eigenvalue weighted by atomic mass is 35.5. The molecule has 1 fully saturated rings. The average Bonchev–Trinajstić information content (AvgIpc) is 2.43. The second kappa shape index (κ2) is 6.48. The van der Waals surface area contributed by atoms with Crippen molar-refractivity contribution in [3.8, 4) is 0 Å². The summed E-state index contributed by atoms with van der Waals surface area (Å²) in [5.41, 5.74) is 0. The Morgan fingerprint density at radius 1 is 1.19 bits per heavy atom. The minimum absolute atomic E-state index is 0.0760. The van der Waals surface area contributed by atoms with E-state index >= 15 is 0 Å². The van der Waals surface area contributed by atoms with Gasteiger partial charge in [0, 0.05) is 12.0 Å². The van der Waals surface area contributed by atoms with E-state index in [1.54, 1.807) is 0 Å². The van der Waals surface area contributed by atoms with Crippen molar-refractivity contribution in [2.45, 2.75) is 64.3 Å². The third kappa shape index (κ3) is 3.97. The molecule has 0 aromatic rings. The summed E-state index contributed by atoms with van der Waals surface area (Å²) in [7, 11) is 0. The summed E-state index contributed by atoms with van der Waals surface area (Å²) in [6, 6.07) is 0.179. The Balaban J connectivity index is 2.48. The predicted octanol–water partition coefficient (Wildman–Crippen LogP) is 3.33. The van der Waals surface area contributed by atoms with E-state index in [1.807, 2.05) is 6.92 Å². The average molecular weight is 246 g/mol. The molecule has 3 unspecified atom stereocenters. The maximum atomic E-state index is 11.9. The highest BCUT2D eigenvalue weighted by Gasteiger charge is 2.25. The van der Waals surface area contributed by atoms with Crippen LogP contribution >= 0.6 is 11.6 Å². The van der Waals surface area contributed by atoms with Crippen molar-refractivity contribution < 1.29 is 4.79 Å². The lowest BCUT2D eigenvalue weighted by atomic mass is 9.96. The van der Waals surface area contributed by atoms with Gasteiger partial charge < -0.3 is 5.32 Å². The van der Waals surface area contributed by atoms with Crippen LogP contribution in [0.3, 0.4) is 0 Å². The number of hydrogen-bond acceptors (Lipinski definition) is 1. The van der Waals surface area contributed by atoms with Crippen LogP contribution in [0.5, 0.6) is 0 Å². The molecule has 1 aliphatic rings.